The minimum Gasteiger partial charge on any atom is -0.494 e. The molecule has 0 bridgehead atoms. The Morgan fingerprint density at radius 1 is 1.14 bits per heavy atom. The van der Waals surface area contributed by atoms with E-state index >= 15 is 0 Å². The number of hydrogen-bond acceptors (Lipinski definition) is 6. The zero-order chi connectivity index (χ0) is 24.6. The van der Waals surface area contributed by atoms with E-state index in [1.54, 1.807) is 0 Å². The van der Waals surface area contributed by atoms with Gasteiger partial charge in [-0.25, -0.2) is 4.68 Å². The van der Waals surface area contributed by atoms with Gasteiger partial charge >= 0.3 is 0 Å². The van der Waals surface area contributed by atoms with Gasteiger partial charge in [-0.1, -0.05) is 25.1 Å². The zero-order valence-corrected chi connectivity index (χ0v) is 20.8. The van der Waals surface area contributed by atoms with E-state index in [-0.39, 0.29) is 11.1 Å². The first-order valence-corrected chi connectivity index (χ1v) is 12.4. The molecule has 1 aliphatic heterocycles. The quantitative estimate of drug-likeness (QED) is 0.423. The van der Waals surface area contributed by atoms with Crippen molar-refractivity contribution in [2.24, 2.45) is 0 Å². The number of H-pyrrole nitrogens is 1. The van der Waals surface area contributed by atoms with E-state index < -0.39 is 6.04 Å². The van der Waals surface area contributed by atoms with Gasteiger partial charge < -0.3 is 14.6 Å². The van der Waals surface area contributed by atoms with Crippen LogP contribution in [0.3, 0.4) is 0 Å². The molecule has 2 aromatic carbocycles. The number of ether oxygens (including phenoxy) is 1. The van der Waals surface area contributed by atoms with Crippen molar-refractivity contribution in [1.29, 1.82) is 0 Å². The van der Waals surface area contributed by atoms with Gasteiger partial charge in [0, 0.05) is 28.7 Å². The van der Waals surface area contributed by atoms with Gasteiger partial charge in [-0.3, -0.25) is 4.79 Å². The zero-order valence-electron chi connectivity index (χ0n) is 20.8. The highest BCUT2D eigenvalue weighted by Gasteiger charge is 2.36. The third-order valence-electron chi connectivity index (χ3n) is 7.08. The summed E-state index contributed by atoms with van der Waals surface area (Å²) in [5.74, 6) is 1.44. The number of fused-ring (bicyclic) bond motifs is 2. The molecule has 0 aliphatic carbocycles. The second-order valence-electron chi connectivity index (χ2n) is 9.68. The third kappa shape index (κ3) is 4.17. The Hall–Kier alpha value is -3.68. The number of tetrazole rings is 1. The summed E-state index contributed by atoms with van der Waals surface area (Å²) < 4.78 is 7.60. The van der Waals surface area contributed by atoms with Gasteiger partial charge in [-0.2, -0.15) is 0 Å². The molecular weight excluding hydrogens is 440 g/mol. The summed E-state index contributed by atoms with van der Waals surface area (Å²) >= 11 is 0. The largest absolute Gasteiger partial charge is 0.494 e. The number of pyridine rings is 1. The van der Waals surface area contributed by atoms with Crippen molar-refractivity contribution < 1.29 is 4.74 Å². The SMILES string of the molecule is CCOc1ccc2[nH]c(=O)c(C(c3nnnn3C(C)(C)CC)N3CCCc4ccccc43)cc2c1. The predicted octanol–water partition coefficient (Wildman–Crippen LogP) is 4.60. The van der Waals surface area contributed by atoms with Crippen LogP contribution in [0.25, 0.3) is 10.9 Å². The van der Waals surface area contributed by atoms with E-state index in [1.165, 1.54) is 5.56 Å². The first-order valence-electron chi connectivity index (χ1n) is 12.4. The van der Waals surface area contributed by atoms with Crippen LogP contribution in [0.2, 0.25) is 0 Å². The van der Waals surface area contributed by atoms with Crippen LogP contribution in [0.5, 0.6) is 5.75 Å². The fraction of sp³-hybridized carbons (Fsp3) is 0.407. The lowest BCUT2D eigenvalue weighted by molar-refractivity contribution is 0.287. The number of rotatable bonds is 7. The molecule has 5 rings (SSSR count). The van der Waals surface area contributed by atoms with Crippen LogP contribution < -0.4 is 15.2 Å². The Labute approximate surface area is 204 Å². The summed E-state index contributed by atoms with van der Waals surface area (Å²) in [6, 6.07) is 15.7. The number of aryl methyl sites for hydroxylation is 1. The van der Waals surface area contributed by atoms with Gasteiger partial charge in [0.2, 0.25) is 0 Å². The molecule has 35 heavy (non-hydrogen) atoms. The molecule has 1 aliphatic rings. The molecule has 8 heteroatoms. The standard InChI is InChI=1S/C27H32N6O2/c1-5-27(3,4)33-25(29-30-31-33)24(32-15-9-11-18-10-7-8-12-23(18)32)21-17-19-16-20(35-6-2)13-14-22(19)28-26(21)34/h7-8,10,12-14,16-17,24H,5-6,9,11,15H2,1-4H3,(H,28,34). The van der Waals surface area contributed by atoms with E-state index in [0.29, 0.717) is 18.0 Å². The van der Waals surface area contributed by atoms with Gasteiger partial charge in [-0.05, 0) is 86.4 Å². The van der Waals surface area contributed by atoms with E-state index in [9.17, 15) is 4.79 Å². The van der Waals surface area contributed by atoms with Crippen molar-refractivity contribution >= 4 is 16.6 Å². The number of nitrogens with zero attached hydrogens (tertiary/aromatic N) is 5. The van der Waals surface area contributed by atoms with Crippen LogP contribution in [0.4, 0.5) is 5.69 Å². The molecule has 1 atom stereocenters. The number of aromatic amines is 1. The summed E-state index contributed by atoms with van der Waals surface area (Å²) in [6.07, 6.45) is 2.85. The number of nitrogens with one attached hydrogen (secondary N) is 1. The van der Waals surface area contributed by atoms with Crippen molar-refractivity contribution in [3.05, 3.63) is 75.8 Å². The molecule has 0 fully saturated rings. The lowest BCUT2D eigenvalue weighted by atomic mass is 9.95. The highest BCUT2D eigenvalue weighted by molar-refractivity contribution is 5.81. The van der Waals surface area contributed by atoms with E-state index in [0.717, 1.165) is 48.1 Å². The first kappa shape index (κ1) is 23.1. The number of benzene rings is 2. The molecule has 0 amide bonds. The van der Waals surface area contributed by atoms with Crippen LogP contribution in [-0.2, 0) is 12.0 Å². The van der Waals surface area contributed by atoms with Gasteiger partial charge in [0.1, 0.15) is 11.8 Å². The third-order valence-corrected chi connectivity index (χ3v) is 7.08. The van der Waals surface area contributed by atoms with Crippen molar-refractivity contribution in [3.8, 4) is 5.75 Å². The predicted molar refractivity (Wildman–Crippen MR) is 137 cm³/mol. The summed E-state index contributed by atoms with van der Waals surface area (Å²) in [7, 11) is 0. The van der Waals surface area contributed by atoms with E-state index in [2.05, 4.69) is 64.4 Å². The van der Waals surface area contributed by atoms with Crippen LogP contribution in [0.15, 0.2) is 53.3 Å². The van der Waals surface area contributed by atoms with Crippen molar-refractivity contribution in [2.75, 3.05) is 18.1 Å². The van der Waals surface area contributed by atoms with Gasteiger partial charge in [0.05, 0.1) is 12.1 Å². The Morgan fingerprint density at radius 2 is 1.97 bits per heavy atom. The van der Waals surface area contributed by atoms with E-state index in [4.69, 9.17) is 4.74 Å². The minimum atomic E-state index is -0.443. The average Bonchev–Trinajstić information content (AvgIpc) is 3.36. The fourth-order valence-electron chi connectivity index (χ4n) is 4.88. The second-order valence-corrected chi connectivity index (χ2v) is 9.68. The maximum Gasteiger partial charge on any atom is 0.254 e. The Bertz CT molecular complexity index is 1410. The minimum absolute atomic E-state index is 0.140. The molecule has 3 heterocycles. The molecule has 8 nitrogen and oxygen atoms in total. The van der Waals surface area contributed by atoms with Crippen molar-refractivity contribution in [2.45, 2.75) is 58.5 Å². The van der Waals surface area contributed by atoms with Crippen molar-refractivity contribution in [1.82, 2.24) is 25.2 Å². The van der Waals surface area contributed by atoms with Crippen LogP contribution >= 0.6 is 0 Å². The maximum absolute atomic E-state index is 13.6. The molecule has 0 spiro atoms. The fourth-order valence-corrected chi connectivity index (χ4v) is 4.88. The molecule has 0 saturated heterocycles. The smallest absolute Gasteiger partial charge is 0.254 e. The molecule has 0 radical (unpaired) electrons. The van der Waals surface area contributed by atoms with Gasteiger partial charge in [0.15, 0.2) is 5.82 Å². The number of para-hydroxylation sites is 1. The van der Waals surface area contributed by atoms with Crippen LogP contribution in [0.1, 0.15) is 63.5 Å². The lowest BCUT2D eigenvalue weighted by Gasteiger charge is -2.38. The molecule has 0 saturated carbocycles. The van der Waals surface area contributed by atoms with E-state index in [1.807, 2.05) is 41.9 Å². The summed E-state index contributed by atoms with van der Waals surface area (Å²) in [5.41, 5.74) is 3.33. The highest BCUT2D eigenvalue weighted by Crippen LogP contribution is 2.38. The number of aromatic nitrogens is 5. The van der Waals surface area contributed by atoms with Gasteiger partial charge in [-0.15, -0.1) is 5.10 Å². The summed E-state index contributed by atoms with van der Waals surface area (Å²) in [4.78, 5) is 19.0. The van der Waals surface area contributed by atoms with Crippen LogP contribution in [0, 0.1) is 0 Å². The van der Waals surface area contributed by atoms with Crippen molar-refractivity contribution in [3.63, 3.8) is 0 Å². The lowest BCUT2D eigenvalue weighted by Crippen LogP contribution is -2.40. The average molecular weight is 473 g/mol. The Morgan fingerprint density at radius 3 is 2.77 bits per heavy atom. The molecule has 4 aromatic rings. The molecule has 1 N–H and O–H groups in total. The molecule has 182 valence electrons. The maximum atomic E-state index is 13.6. The first-order chi connectivity index (χ1) is 16.9. The monoisotopic (exact) mass is 472 g/mol. The number of anilines is 1. The molecule has 1 unspecified atom stereocenters. The summed E-state index contributed by atoms with van der Waals surface area (Å²) in [6.45, 7) is 9.70. The topological polar surface area (TPSA) is 88.9 Å². The Kier molecular flexibility index (Phi) is 6.05. The highest BCUT2D eigenvalue weighted by atomic mass is 16.5. The number of hydrogen-bond donors (Lipinski definition) is 1. The summed E-state index contributed by atoms with van der Waals surface area (Å²) in [5, 5.41) is 13.9. The Balaban J connectivity index is 1.75. The molecule has 2 aromatic heterocycles. The van der Waals surface area contributed by atoms with Gasteiger partial charge in [0.25, 0.3) is 5.56 Å². The normalized spacial score (nSPS) is 14.7. The molecular formula is C27H32N6O2. The van der Waals surface area contributed by atoms with Crippen LogP contribution in [-0.4, -0.2) is 38.3 Å². The second kappa shape index (κ2) is 9.17.